The van der Waals surface area contributed by atoms with Crippen molar-refractivity contribution in [3.8, 4) is 0 Å². The third-order valence-corrected chi connectivity index (χ3v) is 6.80. The van der Waals surface area contributed by atoms with Crippen molar-refractivity contribution in [3.05, 3.63) is 93.5 Å². The van der Waals surface area contributed by atoms with Crippen LogP contribution in [0.3, 0.4) is 0 Å². The number of anilines is 2. The predicted octanol–water partition coefficient (Wildman–Crippen LogP) is 8.44. The summed E-state index contributed by atoms with van der Waals surface area (Å²) in [5.74, 6) is 0.306. The molecule has 0 aliphatic carbocycles. The minimum absolute atomic E-state index is 0.101. The van der Waals surface area contributed by atoms with Crippen molar-refractivity contribution in [2.45, 2.75) is 52.1 Å². The Hall–Kier alpha value is -3.56. The lowest BCUT2D eigenvalue weighted by molar-refractivity contribution is -0.137. The van der Waals surface area contributed by atoms with Gasteiger partial charge in [0, 0.05) is 35.9 Å². The SMILES string of the molecule is CC.Cc1cc(N2CCCCC2)ccc1NC(=O)c1cccc(CCl)c1.O=CN/N=C/c1ccc(Cl)c(C(F)(F)F)c1. The molecule has 1 aliphatic rings. The number of nitrogens with one attached hydrogen (secondary N) is 2. The van der Waals surface area contributed by atoms with E-state index in [-0.39, 0.29) is 16.5 Å². The number of carbonyl (C=O) groups excluding carboxylic acids is 2. The summed E-state index contributed by atoms with van der Waals surface area (Å²) in [4.78, 5) is 24.7. The quantitative estimate of drug-likeness (QED) is 0.120. The Kier molecular flexibility index (Phi) is 14.4. The molecule has 0 radical (unpaired) electrons. The van der Waals surface area contributed by atoms with Gasteiger partial charge in [0.05, 0.1) is 16.8 Å². The number of benzene rings is 3. The average Bonchev–Trinajstić information content (AvgIpc) is 3.00. The molecule has 3 aromatic carbocycles. The molecule has 226 valence electrons. The van der Waals surface area contributed by atoms with E-state index in [2.05, 4.69) is 27.5 Å². The molecular formula is C31H35Cl2F3N4O2. The first-order chi connectivity index (χ1) is 20.1. The summed E-state index contributed by atoms with van der Waals surface area (Å²) in [5, 5.41) is 5.99. The Morgan fingerprint density at radius 3 is 2.36 bits per heavy atom. The van der Waals surface area contributed by atoms with Crippen molar-refractivity contribution in [2.75, 3.05) is 23.3 Å². The van der Waals surface area contributed by atoms with E-state index in [0.717, 1.165) is 48.3 Å². The Labute approximate surface area is 254 Å². The topological polar surface area (TPSA) is 73.8 Å². The molecule has 1 heterocycles. The van der Waals surface area contributed by atoms with Gasteiger partial charge in [0.15, 0.2) is 0 Å². The minimum atomic E-state index is -4.51. The number of amides is 2. The Bertz CT molecular complexity index is 1340. The maximum absolute atomic E-state index is 12.5. The highest BCUT2D eigenvalue weighted by molar-refractivity contribution is 6.31. The second-order valence-electron chi connectivity index (χ2n) is 9.08. The number of halogens is 5. The number of aryl methyl sites for hydroxylation is 1. The summed E-state index contributed by atoms with van der Waals surface area (Å²) in [6, 6.07) is 17.0. The maximum Gasteiger partial charge on any atom is 0.417 e. The summed E-state index contributed by atoms with van der Waals surface area (Å²) in [6.07, 6.45) is 0.712. The molecule has 4 rings (SSSR count). The molecule has 3 aromatic rings. The number of piperidine rings is 1. The molecule has 2 N–H and O–H groups in total. The van der Waals surface area contributed by atoms with Crippen LogP contribution < -0.4 is 15.6 Å². The minimum Gasteiger partial charge on any atom is -0.372 e. The smallest absolute Gasteiger partial charge is 0.372 e. The van der Waals surface area contributed by atoms with Gasteiger partial charge in [0.1, 0.15) is 0 Å². The van der Waals surface area contributed by atoms with Gasteiger partial charge in [-0.2, -0.15) is 18.3 Å². The second-order valence-corrected chi connectivity index (χ2v) is 9.75. The highest BCUT2D eigenvalue weighted by Crippen LogP contribution is 2.34. The first kappa shape index (κ1) is 34.6. The van der Waals surface area contributed by atoms with Gasteiger partial charge in [-0.25, -0.2) is 5.43 Å². The molecule has 0 bridgehead atoms. The van der Waals surface area contributed by atoms with Crippen LogP contribution >= 0.6 is 23.2 Å². The Morgan fingerprint density at radius 1 is 1.02 bits per heavy atom. The van der Waals surface area contributed by atoms with Crippen molar-refractivity contribution in [1.29, 1.82) is 0 Å². The molecule has 0 spiro atoms. The monoisotopic (exact) mass is 622 g/mol. The number of alkyl halides is 4. The van der Waals surface area contributed by atoms with Crippen LogP contribution in [0.25, 0.3) is 0 Å². The van der Waals surface area contributed by atoms with Gasteiger partial charge in [-0.05, 0) is 85.3 Å². The molecule has 11 heteroatoms. The Balaban J connectivity index is 0.000000299. The van der Waals surface area contributed by atoms with E-state index in [1.807, 2.05) is 56.5 Å². The molecule has 1 saturated heterocycles. The number of carbonyl (C=O) groups is 2. The van der Waals surface area contributed by atoms with E-state index < -0.39 is 11.7 Å². The van der Waals surface area contributed by atoms with Crippen LogP contribution in [-0.2, 0) is 16.9 Å². The van der Waals surface area contributed by atoms with Gasteiger partial charge in [-0.1, -0.05) is 43.6 Å². The summed E-state index contributed by atoms with van der Waals surface area (Å²) in [6.45, 7) is 8.28. The zero-order chi connectivity index (χ0) is 31.1. The normalized spacial score (nSPS) is 12.9. The predicted molar refractivity (Wildman–Crippen MR) is 166 cm³/mol. The number of nitrogens with zero attached hydrogens (tertiary/aromatic N) is 2. The standard InChI is InChI=1S/C20H23ClN2O.C9H6ClF3N2O.C2H6/c1-15-12-18(23-10-3-2-4-11-23)8-9-19(15)22-20(24)17-7-5-6-16(13-17)14-21;10-8-2-1-6(4-14-15-5-16)3-7(8)9(11,12)13;1-2/h5-9,12-13H,2-4,10-11,14H2,1H3,(H,22,24);1-5H,(H,15,16);1-2H3/b;14-4+;. The van der Waals surface area contributed by atoms with Crippen molar-refractivity contribution in [2.24, 2.45) is 5.10 Å². The molecule has 0 aromatic heterocycles. The van der Waals surface area contributed by atoms with E-state index in [4.69, 9.17) is 23.2 Å². The number of hydrogen-bond donors (Lipinski definition) is 2. The van der Waals surface area contributed by atoms with E-state index in [1.54, 1.807) is 0 Å². The van der Waals surface area contributed by atoms with Gasteiger partial charge in [-0.15, -0.1) is 11.6 Å². The number of rotatable bonds is 7. The fourth-order valence-electron chi connectivity index (χ4n) is 4.11. The van der Waals surface area contributed by atoms with Crippen molar-refractivity contribution in [1.82, 2.24) is 5.43 Å². The highest BCUT2D eigenvalue weighted by Gasteiger charge is 2.33. The third-order valence-electron chi connectivity index (χ3n) is 6.16. The molecule has 1 fully saturated rings. The molecule has 6 nitrogen and oxygen atoms in total. The van der Waals surface area contributed by atoms with Gasteiger partial charge >= 0.3 is 6.18 Å². The summed E-state index contributed by atoms with van der Waals surface area (Å²) in [7, 11) is 0. The third kappa shape index (κ3) is 10.7. The van der Waals surface area contributed by atoms with E-state index >= 15 is 0 Å². The molecule has 0 unspecified atom stereocenters. The Morgan fingerprint density at radius 2 is 1.74 bits per heavy atom. The number of hydrogen-bond acceptors (Lipinski definition) is 4. The van der Waals surface area contributed by atoms with Crippen LogP contribution in [0.5, 0.6) is 0 Å². The lowest BCUT2D eigenvalue weighted by Gasteiger charge is -2.29. The molecule has 42 heavy (non-hydrogen) atoms. The fraction of sp³-hybridized carbons (Fsp3) is 0.323. The van der Waals surface area contributed by atoms with Gasteiger partial charge < -0.3 is 10.2 Å². The van der Waals surface area contributed by atoms with Gasteiger partial charge in [-0.3, -0.25) is 9.59 Å². The van der Waals surface area contributed by atoms with Gasteiger partial charge in [0.25, 0.3) is 5.91 Å². The lowest BCUT2D eigenvalue weighted by Crippen LogP contribution is -2.29. The fourth-order valence-corrected chi connectivity index (χ4v) is 4.50. The van der Waals surface area contributed by atoms with Crippen LogP contribution in [0.15, 0.2) is 65.8 Å². The van der Waals surface area contributed by atoms with Gasteiger partial charge in [0.2, 0.25) is 6.41 Å². The highest BCUT2D eigenvalue weighted by atomic mass is 35.5. The van der Waals surface area contributed by atoms with Crippen LogP contribution in [0.4, 0.5) is 24.5 Å². The van der Waals surface area contributed by atoms with Crippen molar-refractivity contribution in [3.63, 3.8) is 0 Å². The lowest BCUT2D eigenvalue weighted by atomic mass is 10.1. The molecule has 2 amide bonds. The summed E-state index contributed by atoms with van der Waals surface area (Å²) < 4.78 is 37.2. The molecule has 0 saturated carbocycles. The second kappa shape index (κ2) is 17.4. The molecular weight excluding hydrogens is 588 g/mol. The van der Waals surface area contributed by atoms with E-state index in [0.29, 0.717) is 17.9 Å². The van der Waals surface area contributed by atoms with Crippen LogP contribution in [0, 0.1) is 6.92 Å². The van der Waals surface area contributed by atoms with E-state index in [1.165, 1.54) is 31.0 Å². The molecule has 0 atom stereocenters. The average molecular weight is 624 g/mol. The van der Waals surface area contributed by atoms with Crippen molar-refractivity contribution < 1.29 is 22.8 Å². The van der Waals surface area contributed by atoms with Crippen LogP contribution in [0.1, 0.15) is 65.7 Å². The van der Waals surface area contributed by atoms with Crippen LogP contribution in [-0.4, -0.2) is 31.6 Å². The largest absolute Gasteiger partial charge is 0.417 e. The van der Waals surface area contributed by atoms with Crippen LogP contribution in [0.2, 0.25) is 5.02 Å². The first-order valence-corrected chi connectivity index (χ1v) is 14.4. The number of hydrazone groups is 1. The van der Waals surface area contributed by atoms with E-state index in [9.17, 15) is 22.8 Å². The summed E-state index contributed by atoms with van der Waals surface area (Å²) in [5.41, 5.74) is 5.95. The molecule has 1 aliphatic heterocycles. The van der Waals surface area contributed by atoms with Crippen molar-refractivity contribution >= 4 is 53.1 Å². The zero-order valence-corrected chi connectivity index (χ0v) is 25.3. The maximum atomic E-state index is 12.5. The zero-order valence-electron chi connectivity index (χ0n) is 23.8. The first-order valence-electron chi connectivity index (χ1n) is 13.5. The summed E-state index contributed by atoms with van der Waals surface area (Å²) >= 11 is 11.2.